The van der Waals surface area contributed by atoms with E-state index in [4.69, 9.17) is 9.47 Å². The number of benzene rings is 1. The van der Waals surface area contributed by atoms with Gasteiger partial charge in [0.05, 0.1) is 19.3 Å². The van der Waals surface area contributed by atoms with E-state index in [1.165, 1.54) is 0 Å². The van der Waals surface area contributed by atoms with Gasteiger partial charge in [-0.05, 0) is 58.4 Å². The van der Waals surface area contributed by atoms with Crippen LogP contribution in [0.2, 0.25) is 0 Å². The molecule has 1 aliphatic rings. The number of rotatable bonds is 10. The van der Waals surface area contributed by atoms with E-state index in [9.17, 15) is 14.4 Å². The predicted octanol–water partition coefficient (Wildman–Crippen LogP) is 2.47. The molecule has 3 atom stereocenters. The van der Waals surface area contributed by atoms with E-state index in [0.717, 1.165) is 18.4 Å². The van der Waals surface area contributed by atoms with Gasteiger partial charge in [0.25, 0.3) is 0 Å². The Hall–Kier alpha value is -2.41. The summed E-state index contributed by atoms with van der Waals surface area (Å²) in [5.41, 5.74) is 1.12. The van der Waals surface area contributed by atoms with Crippen molar-refractivity contribution in [2.75, 3.05) is 19.8 Å². The van der Waals surface area contributed by atoms with Crippen LogP contribution in [0.15, 0.2) is 30.3 Å². The number of carbonyl (C=O) groups is 3. The second kappa shape index (κ2) is 12.3. The molecular formula is C23H34N2O5. The summed E-state index contributed by atoms with van der Waals surface area (Å²) in [6.45, 7) is 6.27. The number of ether oxygens (including phenoxy) is 2. The standard InChI is InChI=1S/C23H34N2O5/c1-4-29-22(27)17(3)25-16-10-9-13-19(21(25)26)24-20(23(28)30-5-2)15-14-18-11-7-6-8-12-18/h6-8,11-12,17,19-20,24H,4-5,9-10,13-16H2,1-3H3/t17-,19-,20-/m0/s1. The molecule has 2 rings (SSSR count). The monoisotopic (exact) mass is 418 g/mol. The highest BCUT2D eigenvalue weighted by Gasteiger charge is 2.35. The van der Waals surface area contributed by atoms with Gasteiger partial charge < -0.3 is 14.4 Å². The number of esters is 2. The zero-order valence-corrected chi connectivity index (χ0v) is 18.3. The number of likely N-dealkylation sites (tertiary alicyclic amines) is 1. The first-order valence-corrected chi connectivity index (χ1v) is 10.9. The minimum Gasteiger partial charge on any atom is -0.465 e. The van der Waals surface area contributed by atoms with Gasteiger partial charge in [-0.1, -0.05) is 30.3 Å². The van der Waals surface area contributed by atoms with Crippen LogP contribution in [0.25, 0.3) is 0 Å². The van der Waals surface area contributed by atoms with Crippen molar-refractivity contribution in [3.05, 3.63) is 35.9 Å². The molecule has 0 aliphatic carbocycles. The van der Waals surface area contributed by atoms with Crippen molar-refractivity contribution in [1.82, 2.24) is 10.2 Å². The van der Waals surface area contributed by atoms with Gasteiger partial charge in [0.1, 0.15) is 12.1 Å². The number of aryl methyl sites for hydroxylation is 1. The largest absolute Gasteiger partial charge is 0.465 e. The second-order valence-corrected chi connectivity index (χ2v) is 7.50. The van der Waals surface area contributed by atoms with Gasteiger partial charge >= 0.3 is 11.9 Å². The SMILES string of the molecule is CCOC(=O)[C@H](CCc1ccccc1)N[C@H]1CCCCN([C@@H](C)C(=O)OCC)C1=O. The number of hydrogen-bond acceptors (Lipinski definition) is 6. The molecular weight excluding hydrogens is 384 g/mol. The van der Waals surface area contributed by atoms with E-state index < -0.39 is 24.1 Å². The number of nitrogens with one attached hydrogen (secondary N) is 1. The van der Waals surface area contributed by atoms with Crippen LogP contribution in [0, 0.1) is 0 Å². The maximum absolute atomic E-state index is 13.2. The van der Waals surface area contributed by atoms with Crippen LogP contribution in [0.1, 0.15) is 52.0 Å². The Kier molecular flexibility index (Phi) is 9.80. The van der Waals surface area contributed by atoms with Gasteiger partial charge in [-0.2, -0.15) is 0 Å². The molecule has 7 heteroatoms. The quantitative estimate of drug-likeness (QED) is 0.588. The highest BCUT2D eigenvalue weighted by molar-refractivity contribution is 5.88. The fourth-order valence-electron chi connectivity index (χ4n) is 3.70. The highest BCUT2D eigenvalue weighted by atomic mass is 16.5. The lowest BCUT2D eigenvalue weighted by Crippen LogP contribution is -2.54. The van der Waals surface area contributed by atoms with Gasteiger partial charge in [0.2, 0.25) is 5.91 Å². The third-order valence-electron chi connectivity index (χ3n) is 5.36. The van der Waals surface area contributed by atoms with Crippen LogP contribution in [0.5, 0.6) is 0 Å². The average Bonchev–Trinajstić information content (AvgIpc) is 2.93. The Morgan fingerprint density at radius 3 is 2.43 bits per heavy atom. The van der Waals surface area contributed by atoms with E-state index in [-0.39, 0.29) is 25.1 Å². The number of carbonyl (C=O) groups excluding carboxylic acids is 3. The first-order valence-electron chi connectivity index (χ1n) is 10.9. The van der Waals surface area contributed by atoms with E-state index in [2.05, 4.69) is 5.32 Å². The summed E-state index contributed by atoms with van der Waals surface area (Å²) in [6, 6.07) is 8.14. The summed E-state index contributed by atoms with van der Waals surface area (Å²) in [7, 11) is 0. The molecule has 1 amide bonds. The van der Waals surface area contributed by atoms with Crippen LogP contribution >= 0.6 is 0 Å². The topological polar surface area (TPSA) is 84.9 Å². The first-order chi connectivity index (χ1) is 14.5. The van der Waals surface area contributed by atoms with Gasteiger partial charge in [-0.15, -0.1) is 0 Å². The molecule has 0 aromatic heterocycles. The van der Waals surface area contributed by atoms with Crippen LogP contribution < -0.4 is 5.32 Å². The van der Waals surface area contributed by atoms with Crippen molar-refractivity contribution < 1.29 is 23.9 Å². The summed E-state index contributed by atoms with van der Waals surface area (Å²) < 4.78 is 10.3. The number of amides is 1. The first kappa shape index (κ1) is 23.9. The molecule has 1 aliphatic heterocycles. The molecule has 166 valence electrons. The van der Waals surface area contributed by atoms with E-state index >= 15 is 0 Å². The van der Waals surface area contributed by atoms with Crippen LogP contribution in [-0.4, -0.2) is 60.6 Å². The van der Waals surface area contributed by atoms with Crippen molar-refractivity contribution in [1.29, 1.82) is 0 Å². The molecule has 0 spiro atoms. The maximum Gasteiger partial charge on any atom is 0.328 e. The molecule has 1 N–H and O–H groups in total. The zero-order chi connectivity index (χ0) is 21.9. The molecule has 0 saturated carbocycles. The lowest BCUT2D eigenvalue weighted by Gasteiger charge is -2.30. The number of hydrogen-bond donors (Lipinski definition) is 1. The van der Waals surface area contributed by atoms with Gasteiger partial charge in [0, 0.05) is 6.54 Å². The summed E-state index contributed by atoms with van der Waals surface area (Å²) in [4.78, 5) is 39.5. The smallest absolute Gasteiger partial charge is 0.328 e. The third kappa shape index (κ3) is 6.83. The number of nitrogens with zero attached hydrogens (tertiary/aromatic N) is 1. The average molecular weight is 419 g/mol. The molecule has 7 nitrogen and oxygen atoms in total. The molecule has 1 saturated heterocycles. The van der Waals surface area contributed by atoms with E-state index in [1.807, 2.05) is 30.3 Å². The van der Waals surface area contributed by atoms with Gasteiger partial charge in [0.15, 0.2) is 0 Å². The molecule has 1 aromatic rings. The lowest BCUT2D eigenvalue weighted by atomic mass is 10.0. The summed E-state index contributed by atoms with van der Waals surface area (Å²) >= 11 is 0. The predicted molar refractivity (Wildman–Crippen MR) is 114 cm³/mol. The van der Waals surface area contributed by atoms with Crippen LogP contribution in [0.4, 0.5) is 0 Å². The van der Waals surface area contributed by atoms with Crippen LogP contribution in [-0.2, 0) is 30.3 Å². The second-order valence-electron chi connectivity index (χ2n) is 7.50. The lowest BCUT2D eigenvalue weighted by molar-refractivity contribution is -0.155. The molecule has 1 fully saturated rings. The highest BCUT2D eigenvalue weighted by Crippen LogP contribution is 2.17. The summed E-state index contributed by atoms with van der Waals surface area (Å²) in [5.74, 6) is -0.921. The minimum atomic E-state index is -0.648. The molecule has 0 radical (unpaired) electrons. The van der Waals surface area contributed by atoms with E-state index in [1.54, 1.807) is 25.7 Å². The van der Waals surface area contributed by atoms with Crippen molar-refractivity contribution in [3.8, 4) is 0 Å². The molecule has 1 heterocycles. The Morgan fingerprint density at radius 1 is 1.10 bits per heavy atom. The zero-order valence-electron chi connectivity index (χ0n) is 18.3. The van der Waals surface area contributed by atoms with Crippen molar-refractivity contribution in [3.63, 3.8) is 0 Å². The Balaban J connectivity index is 2.10. The van der Waals surface area contributed by atoms with Gasteiger partial charge in [-0.3, -0.25) is 14.9 Å². The third-order valence-corrected chi connectivity index (χ3v) is 5.36. The summed E-state index contributed by atoms with van der Waals surface area (Å²) in [5, 5.41) is 3.24. The molecule has 0 bridgehead atoms. The normalized spacial score (nSPS) is 19.0. The minimum absolute atomic E-state index is 0.165. The van der Waals surface area contributed by atoms with E-state index in [0.29, 0.717) is 25.8 Å². The fraction of sp³-hybridized carbons (Fsp3) is 0.609. The van der Waals surface area contributed by atoms with Crippen molar-refractivity contribution in [2.45, 2.75) is 71.0 Å². The molecule has 1 aromatic carbocycles. The van der Waals surface area contributed by atoms with Crippen molar-refractivity contribution >= 4 is 17.8 Å². The molecule has 30 heavy (non-hydrogen) atoms. The Morgan fingerprint density at radius 2 is 1.77 bits per heavy atom. The summed E-state index contributed by atoms with van der Waals surface area (Å²) in [6.07, 6.45) is 3.48. The van der Waals surface area contributed by atoms with Gasteiger partial charge in [-0.25, -0.2) is 4.79 Å². The van der Waals surface area contributed by atoms with Crippen LogP contribution in [0.3, 0.4) is 0 Å². The Bertz CT molecular complexity index is 694. The van der Waals surface area contributed by atoms with Crippen molar-refractivity contribution in [2.24, 2.45) is 0 Å². The maximum atomic E-state index is 13.2. The molecule has 0 unspecified atom stereocenters. The fourth-order valence-corrected chi connectivity index (χ4v) is 3.70. The Labute approximate surface area is 179 Å².